The Balaban J connectivity index is 1.48. The lowest BCUT2D eigenvalue weighted by molar-refractivity contribution is -0.133. The Morgan fingerprint density at radius 2 is 1.71 bits per heavy atom. The van der Waals surface area contributed by atoms with Crippen LogP contribution in [0, 0.1) is 0 Å². The molecule has 0 spiro atoms. The van der Waals surface area contributed by atoms with Crippen molar-refractivity contribution in [3.63, 3.8) is 0 Å². The van der Waals surface area contributed by atoms with Crippen molar-refractivity contribution >= 4 is 38.3 Å². The van der Waals surface area contributed by atoms with Crippen LogP contribution in [0.15, 0.2) is 47.4 Å². The maximum atomic E-state index is 13.2. The molecule has 0 unspecified atom stereocenters. The zero-order valence-corrected chi connectivity index (χ0v) is 17.7. The van der Waals surface area contributed by atoms with Crippen molar-refractivity contribution < 1.29 is 13.2 Å². The molecule has 6 heteroatoms. The summed E-state index contributed by atoms with van der Waals surface area (Å²) in [7, 11) is -3.00. The number of sulfone groups is 1. The van der Waals surface area contributed by atoms with E-state index in [0.717, 1.165) is 30.6 Å². The summed E-state index contributed by atoms with van der Waals surface area (Å²) in [6.07, 6.45) is 6.07. The fourth-order valence-electron chi connectivity index (χ4n) is 4.54. The second kappa shape index (κ2) is 8.46. The first-order chi connectivity index (χ1) is 13.5. The summed E-state index contributed by atoms with van der Waals surface area (Å²) in [5.74, 6) is 0.805. The maximum absolute atomic E-state index is 13.2. The Bertz CT molecular complexity index is 951. The van der Waals surface area contributed by atoms with Crippen molar-refractivity contribution in [1.29, 1.82) is 0 Å². The Morgan fingerprint density at radius 3 is 2.43 bits per heavy atom. The smallest absolute Gasteiger partial charge is 0.233 e. The number of hydrogen-bond acceptors (Lipinski definition) is 4. The molecule has 4 rings (SSSR count). The summed E-state index contributed by atoms with van der Waals surface area (Å²) in [6.45, 7) is 0. The molecule has 1 atom stereocenters. The Hall–Kier alpha value is -1.53. The minimum atomic E-state index is -3.00. The fourth-order valence-corrected chi connectivity index (χ4v) is 7.06. The van der Waals surface area contributed by atoms with Crippen molar-refractivity contribution in [1.82, 2.24) is 4.90 Å². The Morgan fingerprint density at radius 1 is 0.964 bits per heavy atom. The molecule has 1 aliphatic carbocycles. The van der Waals surface area contributed by atoms with Crippen LogP contribution >= 0.6 is 11.8 Å². The molecule has 1 amide bonds. The van der Waals surface area contributed by atoms with Gasteiger partial charge in [0.15, 0.2) is 9.84 Å². The molecule has 2 aliphatic rings. The van der Waals surface area contributed by atoms with Crippen LogP contribution in [0.25, 0.3) is 10.8 Å². The Kier molecular flexibility index (Phi) is 5.97. The summed E-state index contributed by atoms with van der Waals surface area (Å²) in [4.78, 5) is 16.2. The summed E-state index contributed by atoms with van der Waals surface area (Å²) >= 11 is 1.55. The number of carbonyl (C=O) groups excluding carboxylic acids is 1. The van der Waals surface area contributed by atoms with Gasteiger partial charge in [-0.25, -0.2) is 8.42 Å². The van der Waals surface area contributed by atoms with Gasteiger partial charge in [0.25, 0.3) is 0 Å². The number of fused-ring (bicyclic) bond motifs is 1. The summed E-state index contributed by atoms with van der Waals surface area (Å²) in [6, 6.07) is 14.5. The molecule has 2 fully saturated rings. The highest BCUT2D eigenvalue weighted by molar-refractivity contribution is 8.00. The molecule has 1 heterocycles. The van der Waals surface area contributed by atoms with Crippen LogP contribution in [0.1, 0.15) is 38.5 Å². The van der Waals surface area contributed by atoms with Gasteiger partial charge >= 0.3 is 0 Å². The molecule has 28 heavy (non-hydrogen) atoms. The number of benzene rings is 2. The van der Waals surface area contributed by atoms with Gasteiger partial charge in [0.05, 0.1) is 17.3 Å². The lowest BCUT2D eigenvalue weighted by atomic mass is 9.93. The normalized spacial score (nSPS) is 22.4. The third-order valence-corrected chi connectivity index (χ3v) is 8.67. The highest BCUT2D eigenvalue weighted by Crippen LogP contribution is 2.30. The number of rotatable bonds is 5. The van der Waals surface area contributed by atoms with Crippen molar-refractivity contribution in [3.05, 3.63) is 42.5 Å². The van der Waals surface area contributed by atoms with Gasteiger partial charge in [-0.3, -0.25) is 4.79 Å². The number of nitrogens with zero attached hydrogens (tertiary/aromatic N) is 1. The predicted molar refractivity (Wildman–Crippen MR) is 115 cm³/mol. The van der Waals surface area contributed by atoms with Crippen LogP contribution in [0.2, 0.25) is 0 Å². The quantitative estimate of drug-likeness (QED) is 0.682. The van der Waals surface area contributed by atoms with Crippen molar-refractivity contribution in [2.24, 2.45) is 0 Å². The molecular weight excluding hydrogens is 390 g/mol. The molecule has 0 radical (unpaired) electrons. The van der Waals surface area contributed by atoms with E-state index in [4.69, 9.17) is 0 Å². The predicted octanol–water partition coefficient (Wildman–Crippen LogP) is 4.28. The molecule has 4 nitrogen and oxygen atoms in total. The highest BCUT2D eigenvalue weighted by atomic mass is 32.2. The second-order valence-electron chi connectivity index (χ2n) is 7.95. The topological polar surface area (TPSA) is 54.5 Å². The van der Waals surface area contributed by atoms with Gasteiger partial charge in [0, 0.05) is 17.0 Å². The van der Waals surface area contributed by atoms with E-state index in [0.29, 0.717) is 12.2 Å². The van der Waals surface area contributed by atoms with E-state index in [2.05, 4.69) is 30.3 Å². The molecule has 1 saturated carbocycles. The average molecular weight is 418 g/mol. The van der Waals surface area contributed by atoms with Crippen molar-refractivity contribution in [2.45, 2.75) is 55.5 Å². The zero-order chi connectivity index (χ0) is 19.6. The van der Waals surface area contributed by atoms with Gasteiger partial charge in [0.2, 0.25) is 5.91 Å². The van der Waals surface area contributed by atoms with Crippen LogP contribution in [-0.2, 0) is 14.6 Å². The lowest BCUT2D eigenvalue weighted by Gasteiger charge is -2.38. The minimum Gasteiger partial charge on any atom is -0.335 e. The molecule has 0 aromatic heterocycles. The van der Waals surface area contributed by atoms with Gasteiger partial charge < -0.3 is 4.90 Å². The molecular formula is C22H27NO3S2. The second-order valence-corrected chi connectivity index (χ2v) is 11.2. The van der Waals surface area contributed by atoms with Crippen LogP contribution < -0.4 is 0 Å². The fraction of sp³-hybridized carbons (Fsp3) is 0.500. The van der Waals surface area contributed by atoms with Crippen LogP contribution in [0.4, 0.5) is 0 Å². The van der Waals surface area contributed by atoms with Gasteiger partial charge in [-0.1, -0.05) is 49.6 Å². The molecule has 150 valence electrons. The summed E-state index contributed by atoms with van der Waals surface area (Å²) in [5.41, 5.74) is 0. The first kappa shape index (κ1) is 19.8. The standard InChI is InChI=1S/C22H27NO3S2/c24-22(15-27-21-11-10-17-6-4-5-7-18(17)14-21)23(19-8-2-1-3-9-19)20-12-13-28(25,26)16-20/h4-7,10-11,14,19-20H,1-3,8-9,12-13,15-16H2/t20-/m1/s1. The summed E-state index contributed by atoms with van der Waals surface area (Å²) in [5, 5.41) is 2.36. The van der Waals surface area contributed by atoms with Crippen molar-refractivity contribution in [3.8, 4) is 0 Å². The molecule has 0 bridgehead atoms. The van der Waals surface area contributed by atoms with Crippen LogP contribution in [0.3, 0.4) is 0 Å². The molecule has 2 aromatic rings. The third-order valence-electron chi connectivity index (χ3n) is 5.94. The number of hydrogen-bond donors (Lipinski definition) is 0. The molecule has 1 saturated heterocycles. The van der Waals surface area contributed by atoms with E-state index in [9.17, 15) is 13.2 Å². The third kappa shape index (κ3) is 4.54. The van der Waals surface area contributed by atoms with Gasteiger partial charge in [-0.2, -0.15) is 0 Å². The van der Waals surface area contributed by atoms with E-state index in [-0.39, 0.29) is 29.5 Å². The SMILES string of the molecule is O=C(CSc1ccc2ccccc2c1)N(C1CCCCC1)[C@@H]1CCS(=O)(=O)C1. The van der Waals surface area contributed by atoms with E-state index in [1.165, 1.54) is 17.2 Å². The summed E-state index contributed by atoms with van der Waals surface area (Å²) < 4.78 is 24.0. The first-order valence-corrected chi connectivity index (χ1v) is 13.0. The van der Waals surface area contributed by atoms with E-state index in [1.54, 1.807) is 11.8 Å². The van der Waals surface area contributed by atoms with Crippen LogP contribution in [-0.4, -0.2) is 48.6 Å². The van der Waals surface area contributed by atoms with Gasteiger partial charge in [0.1, 0.15) is 0 Å². The van der Waals surface area contributed by atoms with Gasteiger partial charge in [-0.05, 0) is 42.2 Å². The van der Waals surface area contributed by atoms with E-state index >= 15 is 0 Å². The van der Waals surface area contributed by atoms with E-state index < -0.39 is 9.84 Å². The molecule has 2 aromatic carbocycles. The number of amides is 1. The average Bonchev–Trinajstić information content (AvgIpc) is 3.06. The maximum Gasteiger partial charge on any atom is 0.233 e. The minimum absolute atomic E-state index is 0.0900. The largest absolute Gasteiger partial charge is 0.335 e. The first-order valence-electron chi connectivity index (χ1n) is 10.1. The van der Waals surface area contributed by atoms with Crippen LogP contribution in [0.5, 0.6) is 0 Å². The number of thioether (sulfide) groups is 1. The molecule has 1 aliphatic heterocycles. The van der Waals surface area contributed by atoms with Crippen molar-refractivity contribution in [2.75, 3.05) is 17.3 Å². The lowest BCUT2D eigenvalue weighted by Crippen LogP contribution is -2.49. The zero-order valence-electron chi connectivity index (χ0n) is 16.0. The number of carbonyl (C=O) groups is 1. The van der Waals surface area contributed by atoms with E-state index in [1.807, 2.05) is 17.0 Å². The Labute approximate surface area is 171 Å². The monoisotopic (exact) mass is 417 g/mol. The highest BCUT2D eigenvalue weighted by Gasteiger charge is 2.38. The molecule has 0 N–H and O–H groups in total. The van der Waals surface area contributed by atoms with Gasteiger partial charge in [-0.15, -0.1) is 11.8 Å².